The molecular formula is C19H15BrN2O2. The Hall–Kier alpha value is -2.58. The molecule has 2 aromatic carbocycles. The van der Waals surface area contributed by atoms with Crippen molar-refractivity contribution < 1.29 is 9.53 Å². The van der Waals surface area contributed by atoms with Crippen LogP contribution in [0, 0.1) is 11.3 Å². The summed E-state index contributed by atoms with van der Waals surface area (Å²) in [4.78, 5) is 12.6. The Bertz CT molecular complexity index is 925. The van der Waals surface area contributed by atoms with Crippen molar-refractivity contribution in [1.29, 1.82) is 5.26 Å². The first kappa shape index (κ1) is 16.3. The van der Waals surface area contributed by atoms with Crippen molar-refractivity contribution in [2.24, 2.45) is 0 Å². The minimum absolute atomic E-state index is 0.0329. The number of halogens is 1. The fourth-order valence-corrected chi connectivity index (χ4v) is 3.01. The van der Waals surface area contributed by atoms with E-state index in [2.05, 4.69) is 22.0 Å². The van der Waals surface area contributed by atoms with Crippen molar-refractivity contribution in [3.8, 4) is 11.8 Å². The van der Waals surface area contributed by atoms with Gasteiger partial charge in [0, 0.05) is 29.2 Å². The SMILES string of the molecule is N#CCCn1cc(C(=O)COc2ccccc2Br)c2ccccc21. The fourth-order valence-electron chi connectivity index (χ4n) is 2.61. The third kappa shape index (κ3) is 3.34. The van der Waals surface area contributed by atoms with Crippen LogP contribution >= 0.6 is 15.9 Å². The van der Waals surface area contributed by atoms with Gasteiger partial charge in [0.1, 0.15) is 5.75 Å². The van der Waals surface area contributed by atoms with Gasteiger partial charge >= 0.3 is 0 Å². The van der Waals surface area contributed by atoms with Gasteiger partial charge in [-0.1, -0.05) is 30.3 Å². The molecule has 0 unspecified atom stereocenters. The zero-order valence-electron chi connectivity index (χ0n) is 12.9. The number of carbonyl (C=O) groups excluding carboxylic acids is 1. The topological polar surface area (TPSA) is 55.0 Å². The lowest BCUT2D eigenvalue weighted by Crippen LogP contribution is -2.11. The van der Waals surface area contributed by atoms with Crippen molar-refractivity contribution in [1.82, 2.24) is 4.57 Å². The van der Waals surface area contributed by atoms with Gasteiger partial charge in [-0.3, -0.25) is 4.79 Å². The Morgan fingerprint density at radius 3 is 2.71 bits per heavy atom. The Morgan fingerprint density at radius 1 is 1.17 bits per heavy atom. The highest BCUT2D eigenvalue weighted by Gasteiger charge is 2.15. The molecule has 0 fully saturated rings. The lowest BCUT2D eigenvalue weighted by atomic mass is 10.1. The van der Waals surface area contributed by atoms with Crippen molar-refractivity contribution in [3.05, 3.63) is 64.8 Å². The molecule has 24 heavy (non-hydrogen) atoms. The van der Waals surface area contributed by atoms with Crippen molar-refractivity contribution in [3.63, 3.8) is 0 Å². The van der Waals surface area contributed by atoms with Crippen LogP contribution in [0.2, 0.25) is 0 Å². The first-order valence-electron chi connectivity index (χ1n) is 7.56. The lowest BCUT2D eigenvalue weighted by Gasteiger charge is -2.06. The standard InChI is InChI=1S/C19H15BrN2O2/c20-16-7-2-4-9-19(16)24-13-18(23)15-12-22(11-5-10-21)17-8-3-1-6-14(15)17/h1-4,6-9,12H,5,11,13H2. The molecule has 5 heteroatoms. The predicted molar refractivity (Wildman–Crippen MR) is 96.1 cm³/mol. The maximum absolute atomic E-state index is 12.6. The zero-order chi connectivity index (χ0) is 16.9. The number of benzene rings is 2. The van der Waals surface area contributed by atoms with E-state index in [0.29, 0.717) is 24.3 Å². The van der Waals surface area contributed by atoms with Gasteiger partial charge in [-0.25, -0.2) is 0 Å². The van der Waals surface area contributed by atoms with Gasteiger partial charge in [-0.15, -0.1) is 0 Å². The molecule has 0 radical (unpaired) electrons. The summed E-state index contributed by atoms with van der Waals surface area (Å²) in [5.74, 6) is 0.553. The quantitative estimate of drug-likeness (QED) is 0.586. The van der Waals surface area contributed by atoms with E-state index in [0.717, 1.165) is 15.4 Å². The first-order valence-corrected chi connectivity index (χ1v) is 8.35. The number of rotatable bonds is 6. The summed E-state index contributed by atoms with van der Waals surface area (Å²) in [6.07, 6.45) is 2.22. The second-order valence-electron chi connectivity index (χ2n) is 5.30. The summed E-state index contributed by atoms with van der Waals surface area (Å²) in [6.45, 7) is 0.532. The molecule has 0 aliphatic rings. The van der Waals surface area contributed by atoms with Crippen LogP contribution in [0.4, 0.5) is 0 Å². The Labute approximate surface area is 148 Å². The molecule has 3 aromatic rings. The first-order chi connectivity index (χ1) is 11.7. The summed E-state index contributed by atoms with van der Waals surface area (Å²) in [5.41, 5.74) is 1.58. The molecule has 0 saturated carbocycles. The summed E-state index contributed by atoms with van der Waals surface area (Å²) >= 11 is 3.40. The highest BCUT2D eigenvalue weighted by atomic mass is 79.9. The molecule has 0 spiro atoms. The maximum Gasteiger partial charge on any atom is 0.202 e. The van der Waals surface area contributed by atoms with E-state index < -0.39 is 0 Å². The summed E-state index contributed by atoms with van der Waals surface area (Å²) in [6, 6.07) is 17.3. The number of ketones is 1. The van der Waals surface area contributed by atoms with E-state index in [4.69, 9.17) is 10.00 Å². The van der Waals surface area contributed by atoms with Crippen molar-refractivity contribution in [2.45, 2.75) is 13.0 Å². The monoisotopic (exact) mass is 382 g/mol. The second kappa shape index (κ2) is 7.33. The van der Waals surface area contributed by atoms with Gasteiger partial charge in [0.05, 0.1) is 17.0 Å². The summed E-state index contributed by atoms with van der Waals surface area (Å²) < 4.78 is 8.40. The van der Waals surface area contributed by atoms with Crippen LogP contribution in [0.1, 0.15) is 16.8 Å². The normalized spacial score (nSPS) is 10.5. The molecule has 1 aromatic heterocycles. The number of hydrogen-bond donors (Lipinski definition) is 0. The number of para-hydroxylation sites is 2. The lowest BCUT2D eigenvalue weighted by molar-refractivity contribution is 0.0922. The Morgan fingerprint density at radius 2 is 1.92 bits per heavy atom. The van der Waals surface area contributed by atoms with E-state index in [-0.39, 0.29) is 12.4 Å². The van der Waals surface area contributed by atoms with E-state index in [9.17, 15) is 4.79 Å². The number of aromatic nitrogens is 1. The zero-order valence-corrected chi connectivity index (χ0v) is 14.5. The van der Waals surface area contributed by atoms with E-state index in [1.54, 1.807) is 0 Å². The molecule has 1 heterocycles. The van der Waals surface area contributed by atoms with Crippen molar-refractivity contribution in [2.75, 3.05) is 6.61 Å². The average Bonchev–Trinajstić information content (AvgIpc) is 2.98. The second-order valence-corrected chi connectivity index (χ2v) is 6.16. The van der Waals surface area contributed by atoms with Gasteiger partial charge < -0.3 is 9.30 Å². The molecule has 0 amide bonds. The summed E-state index contributed by atoms with van der Waals surface area (Å²) in [7, 11) is 0. The van der Waals surface area contributed by atoms with Gasteiger partial charge in [0.25, 0.3) is 0 Å². The van der Waals surface area contributed by atoms with Crippen LogP contribution in [0.25, 0.3) is 10.9 Å². The molecule has 3 rings (SSSR count). The van der Waals surface area contributed by atoms with Crippen molar-refractivity contribution >= 4 is 32.6 Å². The smallest absolute Gasteiger partial charge is 0.202 e. The van der Waals surface area contributed by atoms with E-state index >= 15 is 0 Å². The van der Waals surface area contributed by atoms with Gasteiger partial charge in [0.2, 0.25) is 5.78 Å². The number of ether oxygens (including phenoxy) is 1. The molecule has 0 N–H and O–H groups in total. The average molecular weight is 383 g/mol. The van der Waals surface area contributed by atoms with Crippen LogP contribution in [-0.4, -0.2) is 17.0 Å². The number of aryl methyl sites for hydroxylation is 1. The Kier molecular flexibility index (Phi) is 4.97. The molecule has 0 bridgehead atoms. The minimum Gasteiger partial charge on any atom is -0.484 e. The van der Waals surface area contributed by atoms with Gasteiger partial charge in [-0.05, 0) is 34.1 Å². The number of nitrogens with zero attached hydrogens (tertiary/aromatic N) is 2. The predicted octanol–water partition coefficient (Wildman–Crippen LogP) is 4.58. The fraction of sp³-hybridized carbons (Fsp3) is 0.158. The molecule has 0 atom stereocenters. The highest BCUT2D eigenvalue weighted by molar-refractivity contribution is 9.10. The maximum atomic E-state index is 12.6. The molecule has 4 nitrogen and oxygen atoms in total. The molecule has 0 saturated heterocycles. The highest BCUT2D eigenvalue weighted by Crippen LogP contribution is 2.25. The minimum atomic E-state index is -0.0855. The Balaban J connectivity index is 1.84. The van der Waals surface area contributed by atoms with Crippen LogP contribution in [0.15, 0.2) is 59.2 Å². The molecule has 0 aliphatic heterocycles. The number of carbonyl (C=O) groups is 1. The number of nitriles is 1. The van der Waals surface area contributed by atoms with Crippen LogP contribution < -0.4 is 4.74 Å². The molecule has 0 aliphatic carbocycles. The third-order valence-electron chi connectivity index (χ3n) is 3.75. The van der Waals surface area contributed by atoms with Crippen LogP contribution in [0.3, 0.4) is 0 Å². The summed E-state index contributed by atoms with van der Waals surface area (Å²) in [5, 5.41) is 9.68. The van der Waals surface area contributed by atoms with Gasteiger partial charge in [0.15, 0.2) is 6.61 Å². The number of Topliss-reactive ketones (excluding diaryl/α,β-unsaturated/α-hetero) is 1. The molecular weight excluding hydrogens is 368 g/mol. The largest absolute Gasteiger partial charge is 0.484 e. The van der Waals surface area contributed by atoms with E-state index in [1.807, 2.05) is 59.3 Å². The third-order valence-corrected chi connectivity index (χ3v) is 4.40. The van der Waals surface area contributed by atoms with E-state index in [1.165, 1.54) is 0 Å². The number of hydrogen-bond acceptors (Lipinski definition) is 3. The van der Waals surface area contributed by atoms with Gasteiger partial charge in [-0.2, -0.15) is 5.26 Å². The van der Waals surface area contributed by atoms with Crippen LogP contribution in [0.5, 0.6) is 5.75 Å². The number of fused-ring (bicyclic) bond motifs is 1. The van der Waals surface area contributed by atoms with Crippen LogP contribution in [-0.2, 0) is 6.54 Å². The molecule has 120 valence electrons.